The van der Waals surface area contributed by atoms with Gasteiger partial charge in [0.25, 0.3) is 0 Å². The summed E-state index contributed by atoms with van der Waals surface area (Å²) in [5.41, 5.74) is 1.55. The van der Waals surface area contributed by atoms with E-state index in [-0.39, 0.29) is 0 Å². The van der Waals surface area contributed by atoms with Crippen LogP contribution in [0.15, 0.2) is 18.2 Å². The molecular formula is C15H21NO2. The Morgan fingerprint density at radius 2 is 2.22 bits per heavy atom. The van der Waals surface area contributed by atoms with Crippen molar-refractivity contribution in [2.24, 2.45) is 0 Å². The highest BCUT2D eigenvalue weighted by Crippen LogP contribution is 2.44. The molecule has 0 aromatic heterocycles. The molecule has 2 fully saturated rings. The first-order valence-electron chi connectivity index (χ1n) is 6.77. The van der Waals surface area contributed by atoms with Gasteiger partial charge in [-0.3, -0.25) is 4.90 Å². The highest BCUT2D eigenvalue weighted by atomic mass is 16.5. The molecule has 2 aliphatic heterocycles. The zero-order valence-corrected chi connectivity index (χ0v) is 11.1. The summed E-state index contributed by atoms with van der Waals surface area (Å²) in [7, 11) is 1.68. The lowest BCUT2D eigenvalue weighted by molar-refractivity contribution is 0.00879. The second kappa shape index (κ2) is 4.25. The van der Waals surface area contributed by atoms with Gasteiger partial charge in [0.15, 0.2) is 0 Å². The van der Waals surface area contributed by atoms with Crippen LogP contribution in [0.2, 0.25) is 0 Å². The van der Waals surface area contributed by atoms with E-state index >= 15 is 0 Å². The average Bonchev–Trinajstić information content (AvgIpc) is 2.94. The van der Waals surface area contributed by atoms with Crippen LogP contribution in [0.4, 0.5) is 0 Å². The average molecular weight is 247 g/mol. The van der Waals surface area contributed by atoms with Gasteiger partial charge in [-0.05, 0) is 56.0 Å². The largest absolute Gasteiger partial charge is 0.497 e. The van der Waals surface area contributed by atoms with Gasteiger partial charge in [0.2, 0.25) is 0 Å². The summed E-state index contributed by atoms with van der Waals surface area (Å²) in [6.45, 7) is 4.22. The molecule has 0 amide bonds. The summed E-state index contributed by atoms with van der Waals surface area (Å²) in [5, 5.41) is 11.1. The van der Waals surface area contributed by atoms with Crippen molar-refractivity contribution in [2.45, 2.75) is 37.8 Å². The molecule has 2 unspecified atom stereocenters. The Bertz CT molecular complexity index is 460. The molecule has 18 heavy (non-hydrogen) atoms. The summed E-state index contributed by atoms with van der Waals surface area (Å²) in [5.74, 6) is 0.862. The van der Waals surface area contributed by atoms with Gasteiger partial charge in [-0.15, -0.1) is 0 Å². The van der Waals surface area contributed by atoms with Gasteiger partial charge >= 0.3 is 0 Å². The molecule has 0 aliphatic carbocycles. The van der Waals surface area contributed by atoms with Crippen LogP contribution in [0.1, 0.15) is 30.4 Å². The fourth-order valence-corrected chi connectivity index (χ4v) is 3.68. The number of benzene rings is 1. The van der Waals surface area contributed by atoms with E-state index in [2.05, 4.69) is 11.8 Å². The molecular weight excluding hydrogens is 226 g/mol. The monoisotopic (exact) mass is 247 g/mol. The number of hydrogen-bond acceptors (Lipinski definition) is 3. The van der Waals surface area contributed by atoms with Crippen molar-refractivity contribution in [3.63, 3.8) is 0 Å². The van der Waals surface area contributed by atoms with E-state index in [1.54, 1.807) is 7.11 Å². The number of hydrogen-bond donors (Lipinski definition) is 1. The predicted octanol–water partition coefficient (Wildman–Crippen LogP) is 2.06. The number of fused-ring (bicyclic) bond motifs is 1. The second-order valence-corrected chi connectivity index (χ2v) is 5.55. The lowest BCUT2D eigenvalue weighted by atomic mass is 9.83. The normalized spacial score (nSPS) is 31.6. The van der Waals surface area contributed by atoms with Crippen molar-refractivity contribution >= 4 is 0 Å². The van der Waals surface area contributed by atoms with Crippen molar-refractivity contribution in [1.29, 1.82) is 0 Å². The number of nitrogens with zero attached hydrogens (tertiary/aromatic N) is 1. The second-order valence-electron chi connectivity index (χ2n) is 5.55. The predicted molar refractivity (Wildman–Crippen MR) is 70.8 cm³/mol. The summed E-state index contributed by atoms with van der Waals surface area (Å²) < 4.78 is 5.24. The van der Waals surface area contributed by atoms with Crippen LogP contribution in [0, 0.1) is 6.92 Å². The minimum atomic E-state index is -0.660. The maximum Gasteiger partial charge on any atom is 0.119 e. The van der Waals surface area contributed by atoms with Crippen LogP contribution < -0.4 is 4.74 Å². The van der Waals surface area contributed by atoms with Crippen LogP contribution in [0.3, 0.4) is 0 Å². The number of methoxy groups -OCH3 is 1. The van der Waals surface area contributed by atoms with E-state index in [9.17, 15) is 5.11 Å². The molecule has 2 atom stereocenters. The van der Waals surface area contributed by atoms with Gasteiger partial charge in [0.1, 0.15) is 11.4 Å². The molecule has 98 valence electrons. The van der Waals surface area contributed by atoms with Crippen molar-refractivity contribution in [2.75, 3.05) is 20.2 Å². The zero-order valence-electron chi connectivity index (χ0n) is 11.1. The van der Waals surface area contributed by atoms with Gasteiger partial charge in [0, 0.05) is 12.6 Å². The van der Waals surface area contributed by atoms with Crippen LogP contribution in [-0.2, 0) is 5.60 Å². The quantitative estimate of drug-likeness (QED) is 0.868. The number of aryl methyl sites for hydroxylation is 1. The highest BCUT2D eigenvalue weighted by molar-refractivity contribution is 5.40. The first-order chi connectivity index (χ1) is 8.65. The van der Waals surface area contributed by atoms with Gasteiger partial charge < -0.3 is 9.84 Å². The summed E-state index contributed by atoms with van der Waals surface area (Å²) >= 11 is 0. The smallest absolute Gasteiger partial charge is 0.119 e. The van der Waals surface area contributed by atoms with Crippen molar-refractivity contribution < 1.29 is 9.84 Å². The van der Waals surface area contributed by atoms with Crippen molar-refractivity contribution in [3.05, 3.63) is 29.3 Å². The Morgan fingerprint density at radius 1 is 1.39 bits per heavy atom. The summed E-state index contributed by atoms with van der Waals surface area (Å²) in [6, 6.07) is 6.32. The lowest BCUT2D eigenvalue weighted by Crippen LogP contribution is -2.39. The summed E-state index contributed by atoms with van der Waals surface area (Å²) in [4.78, 5) is 2.43. The molecule has 3 rings (SSSR count). The minimum Gasteiger partial charge on any atom is -0.497 e. The molecule has 0 saturated carbocycles. The molecule has 2 heterocycles. The third kappa shape index (κ3) is 1.65. The fourth-order valence-electron chi connectivity index (χ4n) is 3.68. The molecule has 1 aromatic carbocycles. The third-order valence-corrected chi connectivity index (χ3v) is 4.60. The van der Waals surface area contributed by atoms with Crippen LogP contribution >= 0.6 is 0 Å². The molecule has 0 bridgehead atoms. The van der Waals surface area contributed by atoms with Crippen LogP contribution in [-0.4, -0.2) is 36.2 Å². The van der Waals surface area contributed by atoms with Gasteiger partial charge in [0.05, 0.1) is 7.11 Å². The maximum absolute atomic E-state index is 11.1. The Labute approximate surface area is 108 Å². The minimum absolute atomic E-state index is 0.310. The van der Waals surface area contributed by atoms with Crippen molar-refractivity contribution in [3.8, 4) is 5.75 Å². The number of aliphatic hydroxyl groups is 1. The Kier molecular flexibility index (Phi) is 2.83. The Hall–Kier alpha value is -1.06. The van der Waals surface area contributed by atoms with Crippen LogP contribution in [0.25, 0.3) is 0 Å². The van der Waals surface area contributed by atoms with E-state index in [0.29, 0.717) is 6.04 Å². The molecule has 1 N–H and O–H groups in total. The lowest BCUT2D eigenvalue weighted by Gasteiger charge is -2.31. The Balaban J connectivity index is 1.98. The fraction of sp³-hybridized carbons (Fsp3) is 0.600. The molecule has 2 saturated heterocycles. The van der Waals surface area contributed by atoms with E-state index in [1.807, 2.05) is 18.2 Å². The first kappa shape index (κ1) is 12.0. The number of ether oxygens (including phenoxy) is 1. The van der Waals surface area contributed by atoms with E-state index in [1.165, 1.54) is 6.42 Å². The van der Waals surface area contributed by atoms with Crippen molar-refractivity contribution in [1.82, 2.24) is 4.90 Å². The molecule has 3 nitrogen and oxygen atoms in total. The number of rotatable bonds is 2. The van der Waals surface area contributed by atoms with E-state index in [0.717, 1.165) is 42.8 Å². The first-order valence-corrected chi connectivity index (χ1v) is 6.77. The molecule has 2 aliphatic rings. The van der Waals surface area contributed by atoms with E-state index < -0.39 is 5.60 Å². The third-order valence-electron chi connectivity index (χ3n) is 4.60. The summed E-state index contributed by atoms with van der Waals surface area (Å²) in [6.07, 6.45) is 3.18. The molecule has 0 spiro atoms. The highest BCUT2D eigenvalue weighted by Gasteiger charge is 2.49. The van der Waals surface area contributed by atoms with Gasteiger partial charge in [-0.2, -0.15) is 0 Å². The zero-order chi connectivity index (χ0) is 12.8. The van der Waals surface area contributed by atoms with Crippen LogP contribution in [0.5, 0.6) is 5.75 Å². The molecule has 0 radical (unpaired) electrons. The van der Waals surface area contributed by atoms with Gasteiger partial charge in [-0.1, -0.05) is 6.07 Å². The topological polar surface area (TPSA) is 32.7 Å². The van der Waals surface area contributed by atoms with E-state index in [4.69, 9.17) is 4.74 Å². The SMILES string of the molecule is COc1ccc(C2(O)CCN3CCCC32)c(C)c1. The molecule has 1 aromatic rings. The standard InChI is InChI=1S/C15H21NO2/c1-11-10-12(18-2)5-6-13(11)15(17)7-9-16-8-3-4-14(15)16/h5-6,10,14,17H,3-4,7-9H2,1-2H3. The van der Waals surface area contributed by atoms with Gasteiger partial charge in [-0.25, -0.2) is 0 Å². The Morgan fingerprint density at radius 3 is 2.94 bits per heavy atom. The molecule has 3 heteroatoms. The maximum atomic E-state index is 11.1.